The van der Waals surface area contributed by atoms with Crippen molar-refractivity contribution < 1.29 is 9.59 Å². The van der Waals surface area contributed by atoms with Gasteiger partial charge in [0.05, 0.1) is 12.5 Å². The summed E-state index contributed by atoms with van der Waals surface area (Å²) in [6.45, 7) is 8.77. The molecule has 5 nitrogen and oxygen atoms in total. The number of amides is 2. The normalized spacial score (nSPS) is 27.6. The number of rotatable bonds is 2. The van der Waals surface area contributed by atoms with Gasteiger partial charge in [-0.15, -0.1) is 0 Å². The third-order valence-corrected chi connectivity index (χ3v) is 3.85. The third kappa shape index (κ3) is 3.09. The van der Waals surface area contributed by atoms with Crippen LogP contribution in [0.4, 0.5) is 0 Å². The first-order chi connectivity index (χ1) is 8.36. The highest BCUT2D eigenvalue weighted by Crippen LogP contribution is 2.20. The van der Waals surface area contributed by atoms with Gasteiger partial charge in [-0.3, -0.25) is 19.8 Å². The zero-order valence-corrected chi connectivity index (χ0v) is 11.5. The average Bonchev–Trinajstić information content (AvgIpc) is 2.57. The van der Waals surface area contributed by atoms with Crippen LogP contribution in [0.3, 0.4) is 0 Å². The molecule has 1 unspecified atom stereocenters. The van der Waals surface area contributed by atoms with Crippen molar-refractivity contribution in [3.8, 4) is 0 Å². The van der Waals surface area contributed by atoms with Crippen LogP contribution in [0.5, 0.6) is 0 Å². The second-order valence-corrected chi connectivity index (χ2v) is 6.27. The molecule has 102 valence electrons. The molecule has 0 spiro atoms. The molecule has 0 bridgehead atoms. The fourth-order valence-electron chi connectivity index (χ4n) is 2.69. The number of carbonyl (C=O) groups is 2. The van der Waals surface area contributed by atoms with Gasteiger partial charge < -0.3 is 5.32 Å². The topological polar surface area (TPSA) is 61.4 Å². The number of nitrogens with one attached hydrogen (secondary N) is 2. The number of imide groups is 1. The van der Waals surface area contributed by atoms with Crippen LogP contribution < -0.4 is 10.6 Å². The zero-order chi connectivity index (χ0) is 13.3. The highest BCUT2D eigenvalue weighted by Gasteiger charge is 2.34. The second-order valence-electron chi connectivity index (χ2n) is 6.27. The van der Waals surface area contributed by atoms with E-state index in [0.29, 0.717) is 6.04 Å². The van der Waals surface area contributed by atoms with Gasteiger partial charge in [0.25, 0.3) is 0 Å². The van der Waals surface area contributed by atoms with Crippen molar-refractivity contribution in [3.63, 3.8) is 0 Å². The van der Waals surface area contributed by atoms with Crippen LogP contribution in [0.1, 0.15) is 40.0 Å². The van der Waals surface area contributed by atoms with E-state index < -0.39 is 0 Å². The smallest absolute Gasteiger partial charge is 0.244 e. The molecule has 2 fully saturated rings. The largest absolute Gasteiger partial charge is 0.303 e. The van der Waals surface area contributed by atoms with Gasteiger partial charge in [-0.05, 0) is 33.6 Å². The Labute approximate surface area is 108 Å². The Hall–Kier alpha value is -0.940. The fourth-order valence-corrected chi connectivity index (χ4v) is 2.69. The lowest BCUT2D eigenvalue weighted by atomic mass is 9.97. The molecule has 2 saturated heterocycles. The van der Waals surface area contributed by atoms with Crippen LogP contribution in [0, 0.1) is 0 Å². The van der Waals surface area contributed by atoms with Gasteiger partial charge in [0.2, 0.25) is 11.8 Å². The molecule has 1 atom stereocenters. The van der Waals surface area contributed by atoms with E-state index >= 15 is 0 Å². The van der Waals surface area contributed by atoms with Crippen LogP contribution in [-0.2, 0) is 9.59 Å². The van der Waals surface area contributed by atoms with Gasteiger partial charge in [0.1, 0.15) is 0 Å². The highest BCUT2D eigenvalue weighted by molar-refractivity contribution is 6.05. The standard InChI is InChI=1S/C13H23N3O2/c1-13(2,3)16-6-4-9(5-7-16)14-10-8-11(17)15-12(10)18/h9-10,14H,4-8H2,1-3H3,(H,15,17,18). The Morgan fingerprint density at radius 1 is 1.22 bits per heavy atom. The van der Waals surface area contributed by atoms with E-state index in [-0.39, 0.29) is 29.8 Å². The van der Waals surface area contributed by atoms with Crippen molar-refractivity contribution in [2.45, 2.75) is 57.7 Å². The van der Waals surface area contributed by atoms with Gasteiger partial charge in [-0.25, -0.2) is 0 Å². The van der Waals surface area contributed by atoms with E-state index in [2.05, 4.69) is 36.3 Å². The maximum Gasteiger partial charge on any atom is 0.244 e. The zero-order valence-electron chi connectivity index (χ0n) is 11.5. The van der Waals surface area contributed by atoms with Gasteiger partial charge >= 0.3 is 0 Å². The molecule has 2 aliphatic heterocycles. The lowest BCUT2D eigenvalue weighted by molar-refractivity contribution is -0.125. The molecule has 0 aromatic rings. The number of hydrogen-bond acceptors (Lipinski definition) is 4. The molecule has 0 saturated carbocycles. The van der Waals surface area contributed by atoms with E-state index in [0.717, 1.165) is 25.9 Å². The third-order valence-electron chi connectivity index (χ3n) is 3.85. The minimum Gasteiger partial charge on any atom is -0.303 e. The highest BCUT2D eigenvalue weighted by atomic mass is 16.2. The number of nitrogens with zero attached hydrogens (tertiary/aromatic N) is 1. The Balaban J connectivity index is 1.80. The predicted molar refractivity (Wildman–Crippen MR) is 69.0 cm³/mol. The van der Waals surface area contributed by atoms with Gasteiger partial charge in [0, 0.05) is 24.7 Å². The number of likely N-dealkylation sites (tertiary alicyclic amines) is 1. The summed E-state index contributed by atoms with van der Waals surface area (Å²) in [5.74, 6) is -0.331. The molecule has 0 aromatic carbocycles. The van der Waals surface area contributed by atoms with E-state index in [1.54, 1.807) is 0 Å². The van der Waals surface area contributed by atoms with Crippen LogP contribution in [0.25, 0.3) is 0 Å². The van der Waals surface area contributed by atoms with E-state index in [9.17, 15) is 9.59 Å². The second kappa shape index (κ2) is 4.97. The molecule has 2 heterocycles. The summed E-state index contributed by atoms with van der Waals surface area (Å²) in [6.07, 6.45) is 2.36. The SMILES string of the molecule is CC(C)(C)N1CCC(NC2CC(=O)NC2=O)CC1. The molecule has 2 aliphatic rings. The summed E-state index contributed by atoms with van der Waals surface area (Å²) in [7, 11) is 0. The van der Waals surface area contributed by atoms with Crippen molar-refractivity contribution in [1.82, 2.24) is 15.5 Å². The van der Waals surface area contributed by atoms with E-state index in [1.807, 2.05) is 0 Å². The summed E-state index contributed by atoms with van der Waals surface area (Å²) in [5, 5.41) is 5.65. The maximum atomic E-state index is 11.5. The lowest BCUT2D eigenvalue weighted by Crippen LogP contribution is -2.52. The Morgan fingerprint density at radius 3 is 2.28 bits per heavy atom. The number of piperidine rings is 1. The molecule has 2 rings (SSSR count). The van der Waals surface area contributed by atoms with E-state index in [1.165, 1.54) is 0 Å². The maximum absolute atomic E-state index is 11.5. The number of hydrogen-bond donors (Lipinski definition) is 2. The van der Waals surface area contributed by atoms with Crippen molar-refractivity contribution in [2.24, 2.45) is 0 Å². The lowest BCUT2D eigenvalue weighted by Gasteiger charge is -2.41. The summed E-state index contributed by atoms with van der Waals surface area (Å²) in [4.78, 5) is 25.0. The molecule has 2 amide bonds. The van der Waals surface area contributed by atoms with Gasteiger partial charge in [-0.1, -0.05) is 0 Å². The molecule has 2 N–H and O–H groups in total. The summed E-state index contributed by atoms with van der Waals surface area (Å²) in [5.41, 5.74) is 0.214. The first-order valence-corrected chi connectivity index (χ1v) is 6.71. The summed E-state index contributed by atoms with van der Waals surface area (Å²) >= 11 is 0. The average molecular weight is 253 g/mol. The Morgan fingerprint density at radius 2 is 1.83 bits per heavy atom. The van der Waals surface area contributed by atoms with Crippen LogP contribution in [0.15, 0.2) is 0 Å². The van der Waals surface area contributed by atoms with Crippen molar-refractivity contribution in [3.05, 3.63) is 0 Å². The minimum atomic E-state index is -0.316. The quantitative estimate of drug-likeness (QED) is 0.693. The molecule has 0 radical (unpaired) electrons. The summed E-state index contributed by atoms with van der Waals surface area (Å²) in [6, 6.07) is 0.0361. The van der Waals surface area contributed by atoms with Crippen molar-refractivity contribution in [1.29, 1.82) is 0 Å². The molecule has 18 heavy (non-hydrogen) atoms. The fraction of sp³-hybridized carbons (Fsp3) is 0.846. The Bertz CT molecular complexity index is 341. The number of carbonyl (C=O) groups excluding carboxylic acids is 2. The van der Waals surface area contributed by atoms with Gasteiger partial charge in [-0.2, -0.15) is 0 Å². The molecule has 0 aliphatic carbocycles. The predicted octanol–water partition coefficient (Wildman–Crippen LogP) is 0.254. The van der Waals surface area contributed by atoms with Crippen LogP contribution >= 0.6 is 0 Å². The van der Waals surface area contributed by atoms with Crippen LogP contribution in [0.2, 0.25) is 0 Å². The van der Waals surface area contributed by atoms with Crippen LogP contribution in [-0.4, -0.2) is 47.4 Å². The molecular formula is C13H23N3O2. The summed E-state index contributed by atoms with van der Waals surface area (Å²) < 4.78 is 0. The van der Waals surface area contributed by atoms with Crippen molar-refractivity contribution in [2.75, 3.05) is 13.1 Å². The molecule has 0 aromatic heterocycles. The van der Waals surface area contributed by atoms with Gasteiger partial charge in [0.15, 0.2) is 0 Å². The van der Waals surface area contributed by atoms with E-state index in [4.69, 9.17) is 0 Å². The minimum absolute atomic E-state index is 0.162. The monoisotopic (exact) mass is 253 g/mol. The molecular weight excluding hydrogens is 230 g/mol. The Kier molecular flexibility index (Phi) is 3.73. The first-order valence-electron chi connectivity index (χ1n) is 6.71. The molecule has 5 heteroatoms. The van der Waals surface area contributed by atoms with Crippen molar-refractivity contribution >= 4 is 11.8 Å². The first kappa shape index (κ1) is 13.5.